The number of carboxylic acids is 1. The number of nitrogens with one attached hydrogen (secondary N) is 1. The number of aromatic carboxylic acids is 1. The van der Waals surface area contributed by atoms with Crippen LogP contribution in [-0.2, 0) is 17.1 Å². The molecule has 140 valence electrons. The Morgan fingerprint density at radius 3 is 2.27 bits per heavy atom. The molecule has 26 heavy (non-hydrogen) atoms. The first-order chi connectivity index (χ1) is 11.9. The molecule has 0 spiro atoms. The van der Waals surface area contributed by atoms with Crippen LogP contribution < -0.4 is 5.32 Å². The van der Waals surface area contributed by atoms with Crippen molar-refractivity contribution in [2.75, 3.05) is 19.4 Å². The summed E-state index contributed by atoms with van der Waals surface area (Å²) in [5.41, 5.74) is 1.88. The van der Waals surface area contributed by atoms with Crippen molar-refractivity contribution in [1.29, 1.82) is 0 Å². The number of carbonyl (C=O) groups excluding carboxylic acids is 1. The molecule has 8 nitrogen and oxygen atoms in total. The van der Waals surface area contributed by atoms with E-state index in [4.69, 9.17) is 0 Å². The van der Waals surface area contributed by atoms with Crippen molar-refractivity contribution in [3.8, 4) is 0 Å². The number of aromatic nitrogens is 1. The first-order valence-corrected chi connectivity index (χ1v) is 9.14. The number of carboxylic acid groups (broad SMARTS) is 1. The number of rotatable bonds is 5. The van der Waals surface area contributed by atoms with Crippen LogP contribution in [0.15, 0.2) is 29.3 Å². The number of aryl methyl sites for hydroxylation is 3. The van der Waals surface area contributed by atoms with Gasteiger partial charge in [-0.2, -0.15) is 0 Å². The molecule has 0 saturated carbocycles. The van der Waals surface area contributed by atoms with Crippen molar-refractivity contribution in [2.24, 2.45) is 7.05 Å². The average molecular weight is 379 g/mol. The van der Waals surface area contributed by atoms with Gasteiger partial charge in [0.2, 0.25) is 10.0 Å². The van der Waals surface area contributed by atoms with Gasteiger partial charge in [-0.15, -0.1) is 0 Å². The molecule has 0 saturated heterocycles. The first kappa shape index (κ1) is 19.7. The normalized spacial score (nSPS) is 11.6. The monoisotopic (exact) mass is 379 g/mol. The Morgan fingerprint density at radius 1 is 1.12 bits per heavy atom. The van der Waals surface area contributed by atoms with Gasteiger partial charge in [0, 0.05) is 33.0 Å². The molecular weight excluding hydrogens is 358 g/mol. The molecule has 0 atom stereocenters. The van der Waals surface area contributed by atoms with Gasteiger partial charge in [-0.05, 0) is 37.1 Å². The fourth-order valence-corrected chi connectivity index (χ4v) is 3.49. The molecule has 2 aromatic rings. The quantitative estimate of drug-likeness (QED) is 0.824. The van der Waals surface area contributed by atoms with E-state index < -0.39 is 21.9 Å². The lowest BCUT2D eigenvalue weighted by molar-refractivity contribution is 0.0695. The van der Waals surface area contributed by atoms with Crippen LogP contribution in [0.25, 0.3) is 0 Å². The van der Waals surface area contributed by atoms with E-state index >= 15 is 0 Å². The van der Waals surface area contributed by atoms with E-state index in [0.717, 1.165) is 4.31 Å². The van der Waals surface area contributed by atoms with E-state index in [1.165, 1.54) is 37.0 Å². The molecule has 1 aromatic carbocycles. The van der Waals surface area contributed by atoms with Gasteiger partial charge in [0.15, 0.2) is 0 Å². The predicted octanol–water partition coefficient (Wildman–Crippen LogP) is 1.84. The Bertz CT molecular complexity index is 990. The van der Waals surface area contributed by atoms with Gasteiger partial charge in [-0.25, -0.2) is 17.5 Å². The minimum Gasteiger partial charge on any atom is -0.478 e. The van der Waals surface area contributed by atoms with Gasteiger partial charge in [0.05, 0.1) is 5.56 Å². The Morgan fingerprint density at radius 2 is 1.73 bits per heavy atom. The maximum Gasteiger partial charge on any atom is 0.336 e. The lowest BCUT2D eigenvalue weighted by atomic mass is 10.0. The van der Waals surface area contributed by atoms with Crippen LogP contribution in [0.5, 0.6) is 0 Å². The molecule has 0 unspecified atom stereocenters. The maximum atomic E-state index is 12.6. The third-order valence-corrected chi connectivity index (χ3v) is 5.82. The van der Waals surface area contributed by atoms with Crippen molar-refractivity contribution in [1.82, 2.24) is 8.87 Å². The summed E-state index contributed by atoms with van der Waals surface area (Å²) in [7, 11) is 0.718. The number of amides is 1. The Kier molecular flexibility index (Phi) is 5.24. The van der Waals surface area contributed by atoms with E-state index in [-0.39, 0.29) is 16.2 Å². The van der Waals surface area contributed by atoms with Crippen molar-refractivity contribution in [3.63, 3.8) is 0 Å². The van der Waals surface area contributed by atoms with Gasteiger partial charge in [0.1, 0.15) is 10.6 Å². The Balaban J connectivity index is 2.39. The molecule has 9 heteroatoms. The van der Waals surface area contributed by atoms with E-state index in [0.29, 0.717) is 16.8 Å². The summed E-state index contributed by atoms with van der Waals surface area (Å²) in [5.74, 6) is -1.62. The van der Waals surface area contributed by atoms with Crippen LogP contribution >= 0.6 is 0 Å². The molecule has 1 amide bonds. The van der Waals surface area contributed by atoms with Crippen molar-refractivity contribution >= 4 is 27.6 Å². The minimum absolute atomic E-state index is 0.00185. The number of hydrogen-bond acceptors (Lipinski definition) is 4. The smallest absolute Gasteiger partial charge is 0.336 e. The van der Waals surface area contributed by atoms with E-state index in [1.807, 2.05) is 0 Å². The van der Waals surface area contributed by atoms with Crippen LogP contribution in [0, 0.1) is 13.8 Å². The van der Waals surface area contributed by atoms with Gasteiger partial charge >= 0.3 is 5.97 Å². The third kappa shape index (κ3) is 3.63. The van der Waals surface area contributed by atoms with E-state index in [9.17, 15) is 23.1 Å². The number of sulfonamides is 1. The molecule has 0 radical (unpaired) electrons. The fraction of sp³-hybridized carbons (Fsp3) is 0.294. The molecule has 2 rings (SSSR count). The number of anilines is 1. The Hall–Kier alpha value is -2.65. The minimum atomic E-state index is -3.66. The molecule has 1 aromatic heterocycles. The van der Waals surface area contributed by atoms with Crippen molar-refractivity contribution < 1.29 is 23.1 Å². The van der Waals surface area contributed by atoms with Gasteiger partial charge in [-0.1, -0.05) is 6.07 Å². The Labute approximate surface area is 152 Å². The zero-order valence-electron chi connectivity index (χ0n) is 15.2. The highest BCUT2D eigenvalue weighted by molar-refractivity contribution is 7.89. The number of hydrogen-bond donors (Lipinski definition) is 2. The van der Waals surface area contributed by atoms with Crippen LogP contribution in [-0.4, -0.2) is 48.4 Å². The van der Waals surface area contributed by atoms with Crippen LogP contribution in [0.4, 0.5) is 5.69 Å². The molecule has 2 N–H and O–H groups in total. The second-order valence-corrected chi connectivity index (χ2v) is 8.35. The SMILES string of the molecule is Cc1cc(C)c(C(=O)O)cc1NC(=O)c1cc(S(=O)(=O)N(C)C)cn1C. The van der Waals surface area contributed by atoms with E-state index in [1.54, 1.807) is 27.0 Å². The number of nitrogens with zero attached hydrogens (tertiary/aromatic N) is 2. The molecule has 0 bridgehead atoms. The zero-order valence-corrected chi connectivity index (χ0v) is 16.0. The summed E-state index contributed by atoms with van der Waals surface area (Å²) in [6.07, 6.45) is 1.36. The van der Waals surface area contributed by atoms with Crippen molar-refractivity contribution in [3.05, 3.63) is 46.8 Å². The highest BCUT2D eigenvalue weighted by Gasteiger charge is 2.23. The lowest BCUT2D eigenvalue weighted by Crippen LogP contribution is -2.21. The molecule has 0 aliphatic heterocycles. The van der Waals surface area contributed by atoms with Crippen molar-refractivity contribution in [2.45, 2.75) is 18.7 Å². The molecule has 0 aliphatic rings. The summed E-state index contributed by atoms with van der Waals surface area (Å²) < 4.78 is 26.9. The third-order valence-electron chi connectivity index (χ3n) is 4.04. The summed E-state index contributed by atoms with van der Waals surface area (Å²) in [4.78, 5) is 23.9. The molecular formula is C17H21N3O5S. The average Bonchev–Trinajstić information content (AvgIpc) is 2.92. The zero-order chi connectivity index (χ0) is 19.8. The number of benzene rings is 1. The summed E-state index contributed by atoms with van der Waals surface area (Å²) in [6, 6.07) is 4.35. The van der Waals surface area contributed by atoms with Gasteiger partial charge in [0.25, 0.3) is 5.91 Å². The summed E-state index contributed by atoms with van der Waals surface area (Å²) >= 11 is 0. The second-order valence-electron chi connectivity index (χ2n) is 6.20. The van der Waals surface area contributed by atoms with Crippen LogP contribution in [0.1, 0.15) is 32.0 Å². The van der Waals surface area contributed by atoms with Crippen LogP contribution in [0.2, 0.25) is 0 Å². The lowest BCUT2D eigenvalue weighted by Gasteiger charge is -2.12. The molecule has 1 heterocycles. The van der Waals surface area contributed by atoms with Crippen LogP contribution in [0.3, 0.4) is 0 Å². The fourth-order valence-electron chi connectivity index (χ4n) is 2.52. The van der Waals surface area contributed by atoms with Gasteiger partial charge < -0.3 is 15.0 Å². The predicted molar refractivity (Wildman–Crippen MR) is 97.1 cm³/mol. The number of carbonyl (C=O) groups is 2. The summed E-state index contributed by atoms with van der Waals surface area (Å²) in [6.45, 7) is 3.43. The topological polar surface area (TPSA) is 109 Å². The van der Waals surface area contributed by atoms with Gasteiger partial charge in [-0.3, -0.25) is 4.79 Å². The highest BCUT2D eigenvalue weighted by atomic mass is 32.2. The molecule has 0 fully saturated rings. The summed E-state index contributed by atoms with van der Waals surface area (Å²) in [5, 5.41) is 11.9. The molecule has 0 aliphatic carbocycles. The largest absolute Gasteiger partial charge is 0.478 e. The maximum absolute atomic E-state index is 12.6. The second kappa shape index (κ2) is 6.93. The highest BCUT2D eigenvalue weighted by Crippen LogP contribution is 2.23. The first-order valence-electron chi connectivity index (χ1n) is 7.70. The standard InChI is InChI=1S/C17H21N3O5S/c1-10-6-11(2)14(8-13(10)17(22)23)18-16(21)15-7-12(9-20(15)5)26(24,25)19(3)4/h6-9H,1-5H3,(H,18,21)(H,22,23). The van der Waals surface area contributed by atoms with E-state index in [2.05, 4.69) is 5.32 Å².